The Labute approximate surface area is 154 Å². The Morgan fingerprint density at radius 1 is 1.04 bits per heavy atom. The van der Waals surface area contributed by atoms with E-state index in [1.807, 2.05) is 0 Å². The summed E-state index contributed by atoms with van der Waals surface area (Å²) in [6, 6.07) is 13.4. The summed E-state index contributed by atoms with van der Waals surface area (Å²) in [5, 5.41) is 15.9. The van der Waals surface area contributed by atoms with Gasteiger partial charge in [-0.05, 0) is 30.3 Å². The molecule has 0 spiro atoms. The molecule has 0 bridgehead atoms. The van der Waals surface area contributed by atoms with Gasteiger partial charge in [-0.2, -0.15) is 0 Å². The molecule has 3 N–H and O–H groups in total. The first kappa shape index (κ1) is 17.5. The van der Waals surface area contributed by atoms with Crippen molar-refractivity contribution in [2.75, 3.05) is 17.7 Å². The van der Waals surface area contributed by atoms with Crippen LogP contribution in [0.4, 0.5) is 23.0 Å². The van der Waals surface area contributed by atoms with Crippen molar-refractivity contribution in [1.82, 2.24) is 9.97 Å². The van der Waals surface area contributed by atoms with Crippen LogP contribution in [0.25, 0.3) is 0 Å². The minimum Gasteiger partial charge on any atom is -0.495 e. The molecule has 3 rings (SSSR count). The van der Waals surface area contributed by atoms with Crippen molar-refractivity contribution in [3.05, 3.63) is 65.4 Å². The molecule has 2 aromatic carbocycles. The molecule has 132 valence electrons. The highest BCUT2D eigenvalue weighted by Gasteiger charge is 2.10. The Morgan fingerprint density at radius 2 is 1.73 bits per heavy atom. The number of rotatable bonds is 6. The number of halogens is 1. The van der Waals surface area contributed by atoms with Gasteiger partial charge in [0.1, 0.15) is 23.7 Å². The first-order valence-electron chi connectivity index (χ1n) is 7.59. The number of nitrogens with zero attached hydrogens (tertiary/aromatic N) is 2. The van der Waals surface area contributed by atoms with E-state index in [1.54, 1.807) is 49.6 Å². The second kappa shape index (κ2) is 7.71. The molecule has 0 unspecified atom stereocenters. The van der Waals surface area contributed by atoms with E-state index in [1.165, 1.54) is 12.4 Å². The summed E-state index contributed by atoms with van der Waals surface area (Å²) >= 11 is 6.03. The van der Waals surface area contributed by atoms with Gasteiger partial charge in [-0.1, -0.05) is 23.7 Å². The molecule has 7 nitrogen and oxygen atoms in total. The van der Waals surface area contributed by atoms with Crippen molar-refractivity contribution in [2.45, 2.75) is 0 Å². The zero-order valence-electron chi connectivity index (χ0n) is 13.7. The molecule has 0 atom stereocenters. The molecule has 0 saturated heterocycles. The fraction of sp³-hybridized carbons (Fsp3) is 0.0556. The van der Waals surface area contributed by atoms with Crippen LogP contribution >= 0.6 is 11.6 Å². The van der Waals surface area contributed by atoms with Gasteiger partial charge in [0.15, 0.2) is 0 Å². The van der Waals surface area contributed by atoms with Crippen molar-refractivity contribution in [2.24, 2.45) is 0 Å². The number of ether oxygens (including phenoxy) is 1. The molecule has 26 heavy (non-hydrogen) atoms. The van der Waals surface area contributed by atoms with Gasteiger partial charge in [-0.15, -0.1) is 0 Å². The van der Waals surface area contributed by atoms with Crippen molar-refractivity contribution < 1.29 is 14.6 Å². The van der Waals surface area contributed by atoms with Gasteiger partial charge in [-0.3, -0.25) is 0 Å². The highest BCUT2D eigenvalue weighted by atomic mass is 35.5. The van der Waals surface area contributed by atoms with E-state index in [4.69, 9.17) is 16.3 Å². The quantitative estimate of drug-likeness (QED) is 0.594. The van der Waals surface area contributed by atoms with E-state index in [2.05, 4.69) is 20.6 Å². The summed E-state index contributed by atoms with van der Waals surface area (Å²) in [7, 11) is 1.56. The minimum absolute atomic E-state index is 0.150. The van der Waals surface area contributed by atoms with Crippen LogP contribution in [-0.4, -0.2) is 28.2 Å². The lowest BCUT2D eigenvalue weighted by Crippen LogP contribution is -2.04. The van der Waals surface area contributed by atoms with Crippen molar-refractivity contribution in [3.8, 4) is 5.75 Å². The number of aromatic nitrogens is 2. The number of aromatic carboxylic acids is 1. The lowest BCUT2D eigenvalue weighted by Gasteiger charge is -2.12. The number of carboxylic acids is 1. The van der Waals surface area contributed by atoms with Crippen LogP contribution < -0.4 is 15.4 Å². The van der Waals surface area contributed by atoms with Crippen LogP contribution in [0.2, 0.25) is 5.02 Å². The third-order valence-corrected chi connectivity index (χ3v) is 3.75. The van der Waals surface area contributed by atoms with Gasteiger partial charge >= 0.3 is 5.97 Å². The molecule has 1 heterocycles. The number of hydrogen-bond donors (Lipinski definition) is 3. The molecular weight excluding hydrogens is 356 g/mol. The maximum atomic E-state index is 11.3. The first-order valence-corrected chi connectivity index (χ1v) is 7.96. The molecular formula is C18H15ClN4O3. The highest BCUT2D eigenvalue weighted by Crippen LogP contribution is 2.30. The van der Waals surface area contributed by atoms with E-state index in [9.17, 15) is 9.90 Å². The number of anilines is 4. The lowest BCUT2D eigenvalue weighted by atomic mass is 10.2. The smallest absolute Gasteiger partial charge is 0.337 e. The molecule has 3 aromatic rings. The SMILES string of the molecule is COc1ccc(Cl)cc1Nc1cc(Nc2ccccc2C(=O)O)ncn1. The topological polar surface area (TPSA) is 96.4 Å². The van der Waals surface area contributed by atoms with Gasteiger partial charge < -0.3 is 20.5 Å². The summed E-state index contributed by atoms with van der Waals surface area (Å²) in [5.74, 6) is 0.524. The monoisotopic (exact) mass is 370 g/mol. The third-order valence-electron chi connectivity index (χ3n) is 3.51. The number of carbonyl (C=O) groups is 1. The number of para-hydroxylation sites is 1. The van der Waals surface area contributed by atoms with Gasteiger partial charge in [0, 0.05) is 11.1 Å². The predicted molar refractivity (Wildman–Crippen MR) is 100 cm³/mol. The first-order chi connectivity index (χ1) is 12.6. The number of benzene rings is 2. The largest absolute Gasteiger partial charge is 0.495 e. The number of carboxylic acid groups (broad SMARTS) is 1. The van der Waals surface area contributed by atoms with E-state index >= 15 is 0 Å². The fourth-order valence-electron chi connectivity index (χ4n) is 2.33. The highest BCUT2D eigenvalue weighted by molar-refractivity contribution is 6.31. The van der Waals surface area contributed by atoms with Crippen LogP contribution in [0.5, 0.6) is 5.75 Å². The van der Waals surface area contributed by atoms with Crippen LogP contribution in [0.1, 0.15) is 10.4 Å². The number of nitrogens with one attached hydrogen (secondary N) is 2. The van der Waals surface area contributed by atoms with Crippen molar-refractivity contribution >= 4 is 40.6 Å². The molecule has 0 saturated carbocycles. The van der Waals surface area contributed by atoms with Crippen molar-refractivity contribution in [1.29, 1.82) is 0 Å². The summed E-state index contributed by atoms with van der Waals surface area (Å²) in [5.41, 5.74) is 1.23. The average molecular weight is 371 g/mol. The number of methoxy groups -OCH3 is 1. The molecule has 0 aliphatic carbocycles. The van der Waals surface area contributed by atoms with E-state index in [0.717, 1.165) is 0 Å². The number of hydrogen-bond acceptors (Lipinski definition) is 6. The Kier molecular flexibility index (Phi) is 5.19. The second-order valence-electron chi connectivity index (χ2n) is 5.23. The molecule has 0 aliphatic heterocycles. The predicted octanol–water partition coefficient (Wildman–Crippen LogP) is 4.32. The van der Waals surface area contributed by atoms with Crippen LogP contribution in [0.15, 0.2) is 54.9 Å². The molecule has 1 aromatic heterocycles. The zero-order chi connectivity index (χ0) is 18.5. The minimum atomic E-state index is -1.02. The fourth-order valence-corrected chi connectivity index (χ4v) is 2.50. The maximum Gasteiger partial charge on any atom is 0.337 e. The lowest BCUT2D eigenvalue weighted by molar-refractivity contribution is 0.0698. The Hall–Kier alpha value is -3.32. The van der Waals surface area contributed by atoms with Gasteiger partial charge in [-0.25, -0.2) is 14.8 Å². The Balaban J connectivity index is 1.86. The van der Waals surface area contributed by atoms with Crippen LogP contribution in [0.3, 0.4) is 0 Å². The molecule has 0 aliphatic rings. The Morgan fingerprint density at radius 3 is 2.42 bits per heavy atom. The molecule has 0 amide bonds. The van der Waals surface area contributed by atoms with E-state index in [0.29, 0.717) is 33.8 Å². The zero-order valence-corrected chi connectivity index (χ0v) is 14.5. The van der Waals surface area contributed by atoms with E-state index in [-0.39, 0.29) is 5.56 Å². The second-order valence-corrected chi connectivity index (χ2v) is 5.67. The van der Waals surface area contributed by atoms with Crippen LogP contribution in [0, 0.1) is 0 Å². The summed E-state index contributed by atoms with van der Waals surface area (Å²) in [6.07, 6.45) is 1.37. The third kappa shape index (κ3) is 4.01. The molecule has 0 fully saturated rings. The van der Waals surface area contributed by atoms with Gasteiger partial charge in [0.25, 0.3) is 0 Å². The maximum absolute atomic E-state index is 11.3. The molecule has 8 heteroatoms. The average Bonchev–Trinajstić information content (AvgIpc) is 2.62. The normalized spacial score (nSPS) is 10.2. The summed E-state index contributed by atoms with van der Waals surface area (Å²) in [4.78, 5) is 19.6. The van der Waals surface area contributed by atoms with Crippen molar-refractivity contribution in [3.63, 3.8) is 0 Å². The summed E-state index contributed by atoms with van der Waals surface area (Å²) in [6.45, 7) is 0. The van der Waals surface area contributed by atoms with Gasteiger partial charge in [0.05, 0.1) is 24.0 Å². The molecule has 0 radical (unpaired) electrons. The van der Waals surface area contributed by atoms with Crippen LogP contribution in [-0.2, 0) is 0 Å². The standard InChI is InChI=1S/C18H15ClN4O3/c1-26-15-7-6-11(19)8-14(15)23-17-9-16(20-10-21-17)22-13-5-3-2-4-12(13)18(24)25/h2-10H,1H3,(H,24,25)(H2,20,21,22,23). The Bertz CT molecular complexity index is 949. The summed E-state index contributed by atoms with van der Waals surface area (Å²) < 4.78 is 5.30. The van der Waals surface area contributed by atoms with Gasteiger partial charge in [0.2, 0.25) is 0 Å². The van der Waals surface area contributed by atoms with E-state index < -0.39 is 5.97 Å².